The Bertz CT molecular complexity index is 1110. The molecule has 2 heterocycles. The van der Waals surface area contributed by atoms with Crippen molar-refractivity contribution in [3.63, 3.8) is 0 Å². The molecule has 2 unspecified atom stereocenters. The van der Waals surface area contributed by atoms with E-state index in [0.29, 0.717) is 31.1 Å². The van der Waals surface area contributed by atoms with Gasteiger partial charge in [0.2, 0.25) is 0 Å². The molecule has 1 aromatic carbocycles. The molecule has 38 heavy (non-hydrogen) atoms. The van der Waals surface area contributed by atoms with Crippen LogP contribution in [0.25, 0.3) is 11.3 Å². The Morgan fingerprint density at radius 1 is 1.21 bits per heavy atom. The molecule has 11 heteroatoms. The molecule has 8 nitrogen and oxygen atoms in total. The number of benzene rings is 1. The molecule has 1 fully saturated rings. The topological polar surface area (TPSA) is 96.8 Å². The van der Waals surface area contributed by atoms with Crippen LogP contribution in [-0.4, -0.2) is 63.0 Å². The lowest BCUT2D eigenvalue weighted by Crippen LogP contribution is -2.57. The molecule has 1 saturated heterocycles. The van der Waals surface area contributed by atoms with Crippen molar-refractivity contribution in [2.24, 2.45) is 5.92 Å². The van der Waals surface area contributed by atoms with Crippen LogP contribution in [0.2, 0.25) is 0 Å². The molecule has 1 aromatic heterocycles. The van der Waals surface area contributed by atoms with E-state index in [9.17, 15) is 23.1 Å². The van der Waals surface area contributed by atoms with Gasteiger partial charge in [0.05, 0.1) is 30.5 Å². The van der Waals surface area contributed by atoms with Crippen molar-refractivity contribution in [2.75, 3.05) is 25.1 Å². The first kappa shape index (κ1) is 29.5. The maximum Gasteiger partial charge on any atom is 0.419 e. The van der Waals surface area contributed by atoms with Gasteiger partial charge in [0.25, 0.3) is 0 Å². The van der Waals surface area contributed by atoms with Crippen LogP contribution in [-0.2, 0) is 10.9 Å². The van der Waals surface area contributed by atoms with Gasteiger partial charge in [0.1, 0.15) is 17.9 Å². The van der Waals surface area contributed by atoms with E-state index in [2.05, 4.69) is 15.3 Å². The van der Waals surface area contributed by atoms with Crippen LogP contribution in [0, 0.1) is 5.92 Å². The summed E-state index contributed by atoms with van der Waals surface area (Å²) in [5, 5.41) is 13.0. The molecule has 2 aromatic rings. The van der Waals surface area contributed by atoms with Crippen molar-refractivity contribution in [1.29, 1.82) is 0 Å². The number of hydrogen-bond acceptors (Lipinski definition) is 6. The lowest BCUT2D eigenvalue weighted by Gasteiger charge is -2.46. The second-order valence-electron chi connectivity index (χ2n) is 11.4. The zero-order chi connectivity index (χ0) is 28.3. The summed E-state index contributed by atoms with van der Waals surface area (Å²) in [6, 6.07) is 5.57. The number of nitrogens with zero attached hydrogens (tertiary/aromatic N) is 3. The fourth-order valence-electron chi connectivity index (χ4n) is 5.18. The van der Waals surface area contributed by atoms with E-state index in [1.54, 1.807) is 26.8 Å². The quantitative estimate of drug-likeness (QED) is 0.385. The number of ether oxygens (including phenoxy) is 2. The second-order valence-corrected chi connectivity index (χ2v) is 11.4. The molecule has 0 saturated carbocycles. The summed E-state index contributed by atoms with van der Waals surface area (Å²) >= 11 is 0. The van der Waals surface area contributed by atoms with E-state index < -0.39 is 28.9 Å². The number of rotatable bonds is 9. The average Bonchev–Trinajstić information content (AvgIpc) is 3.28. The predicted molar refractivity (Wildman–Crippen MR) is 138 cm³/mol. The van der Waals surface area contributed by atoms with E-state index in [-0.39, 0.29) is 29.9 Å². The molecule has 0 bridgehead atoms. The molecule has 1 aliphatic rings. The molecule has 2 N–H and O–H groups in total. The Balaban J connectivity index is 1.76. The van der Waals surface area contributed by atoms with Crippen LogP contribution >= 0.6 is 0 Å². The molecule has 210 valence electrons. The summed E-state index contributed by atoms with van der Waals surface area (Å²) in [6.07, 6.45) is -3.16. The Labute approximate surface area is 221 Å². The van der Waals surface area contributed by atoms with Crippen molar-refractivity contribution >= 4 is 11.9 Å². The van der Waals surface area contributed by atoms with Crippen molar-refractivity contribution in [3.8, 4) is 17.0 Å². The average molecular weight is 539 g/mol. The van der Waals surface area contributed by atoms with Gasteiger partial charge < -0.3 is 19.9 Å². The smallest absolute Gasteiger partial charge is 0.419 e. The van der Waals surface area contributed by atoms with Gasteiger partial charge in [-0.2, -0.15) is 13.2 Å². The Hall–Kier alpha value is -3.08. The summed E-state index contributed by atoms with van der Waals surface area (Å²) < 4.78 is 53.0. The van der Waals surface area contributed by atoms with Gasteiger partial charge in [-0.1, -0.05) is 6.92 Å². The first-order valence-electron chi connectivity index (χ1n) is 12.6. The Morgan fingerprint density at radius 2 is 1.92 bits per heavy atom. The third kappa shape index (κ3) is 7.49. The predicted octanol–water partition coefficient (Wildman–Crippen LogP) is 6.33. The highest BCUT2D eigenvalue weighted by atomic mass is 19.4. The van der Waals surface area contributed by atoms with E-state index >= 15 is 0 Å². The van der Waals surface area contributed by atoms with E-state index in [1.165, 1.54) is 23.4 Å². The van der Waals surface area contributed by atoms with Crippen LogP contribution in [0.1, 0.15) is 59.9 Å². The van der Waals surface area contributed by atoms with Gasteiger partial charge in [0, 0.05) is 29.3 Å². The molecule has 1 amide bonds. The molecule has 0 aliphatic carbocycles. The highest BCUT2D eigenvalue weighted by molar-refractivity contribution is 5.67. The fourth-order valence-corrected chi connectivity index (χ4v) is 5.18. The maximum atomic E-state index is 14.0. The third-order valence-electron chi connectivity index (χ3n) is 6.37. The largest absolute Gasteiger partial charge is 0.493 e. The molecule has 0 spiro atoms. The van der Waals surface area contributed by atoms with Crippen molar-refractivity contribution in [1.82, 2.24) is 14.9 Å². The summed E-state index contributed by atoms with van der Waals surface area (Å²) in [6.45, 7) is 12.1. The van der Waals surface area contributed by atoms with Gasteiger partial charge in [-0.3, -0.25) is 4.90 Å². The van der Waals surface area contributed by atoms with E-state index in [4.69, 9.17) is 9.47 Å². The number of alkyl halides is 3. The zero-order valence-corrected chi connectivity index (χ0v) is 22.7. The van der Waals surface area contributed by atoms with Gasteiger partial charge in [0.15, 0.2) is 0 Å². The van der Waals surface area contributed by atoms with Crippen LogP contribution in [0.4, 0.5) is 23.8 Å². The van der Waals surface area contributed by atoms with Gasteiger partial charge >= 0.3 is 12.3 Å². The minimum absolute atomic E-state index is 0.00546. The monoisotopic (exact) mass is 538 g/mol. The number of carbonyl (C=O) groups is 1. The van der Waals surface area contributed by atoms with Gasteiger partial charge in [-0.25, -0.2) is 14.8 Å². The molecule has 2 atom stereocenters. The first-order valence-corrected chi connectivity index (χ1v) is 12.6. The highest BCUT2D eigenvalue weighted by Gasteiger charge is 2.40. The molecular weight excluding hydrogens is 501 g/mol. The van der Waals surface area contributed by atoms with Crippen LogP contribution < -0.4 is 10.1 Å². The molecule has 0 radical (unpaired) electrons. The molecule has 3 rings (SSSR count). The number of halogens is 3. The van der Waals surface area contributed by atoms with Crippen LogP contribution in [0.5, 0.6) is 5.75 Å². The fraction of sp³-hybridized carbons (Fsp3) is 0.593. The van der Waals surface area contributed by atoms with E-state index in [0.717, 1.165) is 12.5 Å². The van der Waals surface area contributed by atoms with Gasteiger partial charge in [-0.05, 0) is 71.6 Å². The zero-order valence-electron chi connectivity index (χ0n) is 22.7. The van der Waals surface area contributed by atoms with Gasteiger partial charge in [-0.15, -0.1) is 0 Å². The number of aromatic nitrogens is 2. The molecular formula is C27H37F3N4O4. The summed E-state index contributed by atoms with van der Waals surface area (Å²) in [4.78, 5) is 21.6. The Kier molecular flexibility index (Phi) is 8.80. The number of hydrogen-bond donors (Lipinski definition) is 2. The lowest BCUT2D eigenvalue weighted by molar-refractivity contribution is -0.139. The number of amides is 1. The van der Waals surface area contributed by atoms with Crippen molar-refractivity contribution < 1.29 is 32.5 Å². The van der Waals surface area contributed by atoms with Crippen LogP contribution in [0.3, 0.4) is 0 Å². The third-order valence-corrected chi connectivity index (χ3v) is 6.37. The summed E-state index contributed by atoms with van der Waals surface area (Å²) in [5.41, 5.74) is -1.66. The van der Waals surface area contributed by atoms with E-state index in [1.807, 2.05) is 20.8 Å². The standard InChI is InChI=1S/C27H37F3N4O4/c1-17(13-26(5,6)34(24(35)36)25(2,3)4)14-38-22-8-7-18(11-20(22)27(28,29)30)21-12-23(32-16-31-21)33-19-9-10-37-15-19/h7-8,11-12,16-17,19H,9-10,13-15H2,1-6H3,(H,35,36)(H,31,32,33). The normalized spacial score (nSPS) is 17.2. The number of anilines is 1. The first-order chi connectivity index (χ1) is 17.6. The minimum atomic E-state index is -4.64. The lowest BCUT2D eigenvalue weighted by atomic mass is 9.87. The molecule has 1 aliphatic heterocycles. The van der Waals surface area contributed by atoms with Crippen molar-refractivity contribution in [3.05, 3.63) is 36.2 Å². The Morgan fingerprint density at radius 3 is 2.50 bits per heavy atom. The maximum absolute atomic E-state index is 14.0. The highest BCUT2D eigenvalue weighted by Crippen LogP contribution is 2.39. The van der Waals surface area contributed by atoms with Crippen molar-refractivity contribution in [2.45, 2.75) is 77.7 Å². The summed E-state index contributed by atoms with van der Waals surface area (Å²) in [7, 11) is 0. The number of carboxylic acid groups (broad SMARTS) is 1. The number of nitrogens with one attached hydrogen (secondary N) is 1. The summed E-state index contributed by atoms with van der Waals surface area (Å²) in [5.74, 6) is 0.0128. The SMILES string of the molecule is CC(COc1ccc(-c2cc(NC3CCOC3)ncn2)cc1C(F)(F)F)CC(C)(C)N(C(=O)O)C(C)(C)C. The minimum Gasteiger partial charge on any atom is -0.493 e. The van der Waals surface area contributed by atoms with Crippen LogP contribution in [0.15, 0.2) is 30.6 Å². The second kappa shape index (κ2) is 11.3.